The Morgan fingerprint density at radius 3 is 2.74 bits per heavy atom. The zero-order valence-corrected chi connectivity index (χ0v) is 14.5. The SMILES string of the molecule is Bc1nc(-c2cncc(F)c2)sc1N(C)C(=O)CCS(C)(=O)=O. The molecule has 122 valence electrons. The lowest BCUT2D eigenvalue weighted by atomic mass is 10.1. The van der Waals surface area contributed by atoms with Gasteiger partial charge in [-0.25, -0.2) is 17.8 Å². The van der Waals surface area contributed by atoms with Crippen molar-refractivity contribution in [3.05, 3.63) is 24.3 Å². The molecule has 2 heterocycles. The highest BCUT2D eigenvalue weighted by Gasteiger charge is 2.19. The molecule has 0 unspecified atom stereocenters. The van der Waals surface area contributed by atoms with Gasteiger partial charge in [0, 0.05) is 37.1 Å². The van der Waals surface area contributed by atoms with Gasteiger partial charge in [0.15, 0.2) is 7.85 Å². The Bertz CT molecular complexity index is 839. The quantitative estimate of drug-likeness (QED) is 0.706. The second kappa shape index (κ2) is 6.75. The number of pyridine rings is 1. The van der Waals surface area contributed by atoms with Crippen LogP contribution in [0.2, 0.25) is 0 Å². The minimum Gasteiger partial charge on any atom is -0.306 e. The van der Waals surface area contributed by atoms with Crippen molar-refractivity contribution in [1.82, 2.24) is 9.97 Å². The minimum atomic E-state index is -3.20. The first-order valence-corrected chi connectivity index (χ1v) is 9.57. The van der Waals surface area contributed by atoms with Crippen LogP contribution in [-0.4, -0.2) is 51.2 Å². The highest BCUT2D eigenvalue weighted by atomic mass is 32.2. The summed E-state index contributed by atoms with van der Waals surface area (Å²) in [6, 6.07) is 1.32. The van der Waals surface area contributed by atoms with E-state index in [1.165, 1.54) is 28.5 Å². The number of rotatable bonds is 5. The number of sulfone groups is 1. The summed E-state index contributed by atoms with van der Waals surface area (Å²) >= 11 is 1.23. The topological polar surface area (TPSA) is 80.2 Å². The summed E-state index contributed by atoms with van der Waals surface area (Å²) in [6.07, 6.45) is 3.60. The summed E-state index contributed by atoms with van der Waals surface area (Å²) in [5.41, 5.74) is 1.14. The molecule has 23 heavy (non-hydrogen) atoms. The minimum absolute atomic E-state index is 0.0937. The smallest absolute Gasteiger partial charge is 0.228 e. The lowest BCUT2D eigenvalue weighted by Crippen LogP contribution is -2.30. The molecule has 10 heteroatoms. The van der Waals surface area contributed by atoms with Crippen molar-refractivity contribution < 1.29 is 17.6 Å². The number of nitrogens with zero attached hydrogens (tertiary/aromatic N) is 3. The van der Waals surface area contributed by atoms with Crippen molar-refractivity contribution in [1.29, 1.82) is 0 Å². The molecule has 0 atom stereocenters. The Kier molecular flexibility index (Phi) is 5.15. The van der Waals surface area contributed by atoms with Crippen LogP contribution < -0.4 is 10.5 Å². The molecule has 0 aliphatic rings. The predicted octanol–water partition coefficient (Wildman–Crippen LogP) is 0.0001000. The van der Waals surface area contributed by atoms with Crippen molar-refractivity contribution in [2.45, 2.75) is 6.42 Å². The highest BCUT2D eigenvalue weighted by Crippen LogP contribution is 2.28. The second-order valence-electron chi connectivity index (χ2n) is 5.13. The normalized spacial score (nSPS) is 11.4. The van der Waals surface area contributed by atoms with Crippen molar-refractivity contribution >= 4 is 45.5 Å². The average Bonchev–Trinajstić information content (AvgIpc) is 2.85. The van der Waals surface area contributed by atoms with E-state index in [0.29, 0.717) is 21.2 Å². The number of halogens is 1. The summed E-state index contributed by atoms with van der Waals surface area (Å²) in [5, 5.41) is 1.15. The van der Waals surface area contributed by atoms with Crippen molar-refractivity contribution in [3.63, 3.8) is 0 Å². The van der Waals surface area contributed by atoms with Gasteiger partial charge >= 0.3 is 0 Å². The van der Waals surface area contributed by atoms with Crippen molar-refractivity contribution in [3.8, 4) is 10.6 Å². The van der Waals surface area contributed by atoms with Gasteiger partial charge in [0.25, 0.3) is 0 Å². The van der Waals surface area contributed by atoms with E-state index in [0.717, 1.165) is 12.5 Å². The van der Waals surface area contributed by atoms with Crippen LogP contribution in [0, 0.1) is 5.82 Å². The van der Waals surface area contributed by atoms with E-state index in [1.54, 1.807) is 14.9 Å². The number of aromatic nitrogens is 2. The molecule has 2 aromatic heterocycles. The second-order valence-corrected chi connectivity index (χ2v) is 8.37. The Morgan fingerprint density at radius 1 is 1.43 bits per heavy atom. The first kappa shape index (κ1) is 17.5. The van der Waals surface area contributed by atoms with Gasteiger partial charge in [-0.3, -0.25) is 9.78 Å². The molecular formula is C13H15BFN3O3S2. The molecule has 1 amide bonds. The van der Waals surface area contributed by atoms with Crippen LogP contribution in [-0.2, 0) is 14.6 Å². The number of hydrogen-bond acceptors (Lipinski definition) is 6. The summed E-state index contributed by atoms with van der Waals surface area (Å²) < 4.78 is 35.6. The predicted molar refractivity (Wildman–Crippen MR) is 91.2 cm³/mol. The van der Waals surface area contributed by atoms with E-state index in [4.69, 9.17) is 0 Å². The molecule has 0 spiro atoms. The third-order valence-electron chi connectivity index (χ3n) is 3.09. The largest absolute Gasteiger partial charge is 0.306 e. The zero-order valence-electron chi connectivity index (χ0n) is 12.9. The van der Waals surface area contributed by atoms with E-state index in [9.17, 15) is 17.6 Å². The van der Waals surface area contributed by atoms with Crippen LogP contribution in [0.15, 0.2) is 18.5 Å². The lowest BCUT2D eigenvalue weighted by molar-refractivity contribution is -0.117. The Balaban J connectivity index is 2.22. The molecule has 2 rings (SSSR count). The fourth-order valence-electron chi connectivity index (χ4n) is 1.91. The third-order valence-corrected chi connectivity index (χ3v) is 5.32. The van der Waals surface area contributed by atoms with E-state index in [1.807, 2.05) is 0 Å². The van der Waals surface area contributed by atoms with Gasteiger partial charge in [0.2, 0.25) is 5.91 Å². The van der Waals surface area contributed by atoms with Crippen LogP contribution in [0.1, 0.15) is 6.42 Å². The van der Waals surface area contributed by atoms with Gasteiger partial charge in [-0.2, -0.15) is 0 Å². The molecule has 0 aromatic carbocycles. The maximum atomic E-state index is 13.3. The number of carbonyl (C=O) groups is 1. The maximum absolute atomic E-state index is 13.3. The van der Waals surface area contributed by atoms with E-state index < -0.39 is 15.7 Å². The number of anilines is 1. The van der Waals surface area contributed by atoms with Crippen LogP contribution >= 0.6 is 11.3 Å². The maximum Gasteiger partial charge on any atom is 0.228 e. The van der Waals surface area contributed by atoms with Crippen LogP contribution in [0.4, 0.5) is 9.39 Å². The Hall–Kier alpha value is -1.81. The van der Waals surface area contributed by atoms with E-state index in [-0.39, 0.29) is 18.1 Å². The fourth-order valence-corrected chi connectivity index (χ4v) is 3.48. The van der Waals surface area contributed by atoms with Crippen molar-refractivity contribution in [2.24, 2.45) is 0 Å². The molecule has 0 saturated heterocycles. The molecule has 0 radical (unpaired) electrons. The molecule has 0 aliphatic heterocycles. The third kappa shape index (κ3) is 4.58. The molecule has 0 N–H and O–H groups in total. The molecule has 0 bridgehead atoms. The lowest BCUT2D eigenvalue weighted by Gasteiger charge is -2.15. The number of hydrogen-bond donors (Lipinski definition) is 0. The number of carbonyl (C=O) groups excluding carboxylic acids is 1. The molecule has 0 fully saturated rings. The first-order valence-electron chi connectivity index (χ1n) is 6.70. The van der Waals surface area contributed by atoms with Gasteiger partial charge in [-0.1, -0.05) is 11.3 Å². The van der Waals surface area contributed by atoms with Crippen LogP contribution in [0.25, 0.3) is 10.6 Å². The molecule has 6 nitrogen and oxygen atoms in total. The number of amides is 1. The first-order chi connectivity index (χ1) is 10.7. The molecule has 0 aliphatic carbocycles. The van der Waals surface area contributed by atoms with Crippen LogP contribution in [0.5, 0.6) is 0 Å². The van der Waals surface area contributed by atoms with Gasteiger partial charge in [0.1, 0.15) is 25.7 Å². The van der Waals surface area contributed by atoms with Gasteiger partial charge in [-0.15, -0.1) is 0 Å². The monoisotopic (exact) mass is 355 g/mol. The average molecular weight is 355 g/mol. The summed E-state index contributed by atoms with van der Waals surface area (Å²) in [4.78, 5) is 21.6. The van der Waals surface area contributed by atoms with Crippen LogP contribution in [0.3, 0.4) is 0 Å². The van der Waals surface area contributed by atoms with Gasteiger partial charge in [-0.05, 0) is 6.07 Å². The summed E-state index contributed by atoms with van der Waals surface area (Å²) in [6.45, 7) is 0. The van der Waals surface area contributed by atoms with E-state index in [2.05, 4.69) is 9.97 Å². The standard InChI is InChI=1S/C13H15BFN3O3S2/c1-18(10(19)3-4-23(2,20)21)13-11(14)17-12(22-13)8-5-9(15)7-16-6-8/h5-7H,3-4,14H2,1-2H3. The van der Waals surface area contributed by atoms with Crippen molar-refractivity contribution in [2.75, 3.05) is 24.0 Å². The zero-order chi connectivity index (χ0) is 17.2. The van der Waals surface area contributed by atoms with E-state index >= 15 is 0 Å². The Labute approximate surface area is 138 Å². The number of thiazole rings is 1. The highest BCUT2D eigenvalue weighted by molar-refractivity contribution is 7.90. The summed E-state index contributed by atoms with van der Waals surface area (Å²) in [5.74, 6) is -0.977. The molecule has 0 saturated carbocycles. The molecule has 2 aromatic rings. The van der Waals surface area contributed by atoms with Gasteiger partial charge in [0.05, 0.1) is 11.9 Å². The Morgan fingerprint density at radius 2 is 2.13 bits per heavy atom. The summed E-state index contributed by atoms with van der Waals surface area (Å²) in [7, 11) is 0.109. The van der Waals surface area contributed by atoms with Gasteiger partial charge < -0.3 is 4.90 Å². The fraction of sp³-hybridized carbons (Fsp3) is 0.308. The molecular weight excluding hydrogens is 340 g/mol.